The Kier molecular flexibility index (Phi) is 5.43. The Balaban J connectivity index is 2.20. The van der Waals surface area contributed by atoms with Crippen LogP contribution < -0.4 is 5.32 Å². The van der Waals surface area contributed by atoms with Crippen LogP contribution in [0.3, 0.4) is 0 Å². The van der Waals surface area contributed by atoms with Gasteiger partial charge in [-0.2, -0.15) is 0 Å². The molecule has 2 rings (SSSR count). The molecule has 3 atom stereocenters. The van der Waals surface area contributed by atoms with Crippen LogP contribution in [0.5, 0.6) is 0 Å². The standard InChI is InChI=1S/C17H28N2O2/c1-4-9-12(3)19-14(5-2)16(20)18-15(17(19)21)13-10-7-6-8-11-13/h4,12-15H,1,5-11H2,2-3H3,(H,18,20). The highest BCUT2D eigenvalue weighted by atomic mass is 16.2. The fourth-order valence-corrected chi connectivity index (χ4v) is 3.80. The van der Waals surface area contributed by atoms with Gasteiger partial charge < -0.3 is 10.2 Å². The number of carbonyl (C=O) groups excluding carboxylic acids is 2. The molecule has 118 valence electrons. The lowest BCUT2D eigenvalue weighted by Crippen LogP contribution is -2.66. The number of hydrogen-bond donors (Lipinski definition) is 1. The minimum atomic E-state index is -0.327. The third kappa shape index (κ3) is 3.30. The summed E-state index contributed by atoms with van der Waals surface area (Å²) in [6.07, 6.45) is 8.91. The predicted molar refractivity (Wildman–Crippen MR) is 83.7 cm³/mol. The van der Waals surface area contributed by atoms with Gasteiger partial charge in [-0.1, -0.05) is 32.3 Å². The molecule has 2 fully saturated rings. The van der Waals surface area contributed by atoms with Crippen molar-refractivity contribution in [1.29, 1.82) is 0 Å². The van der Waals surface area contributed by atoms with E-state index in [1.54, 1.807) is 0 Å². The minimum absolute atomic E-state index is 0.0172. The first kappa shape index (κ1) is 16.1. The molecule has 3 unspecified atom stereocenters. The van der Waals surface area contributed by atoms with E-state index in [2.05, 4.69) is 11.9 Å². The number of piperazine rings is 1. The van der Waals surface area contributed by atoms with E-state index in [0.717, 1.165) is 19.3 Å². The van der Waals surface area contributed by atoms with Crippen molar-refractivity contribution in [2.45, 2.75) is 76.9 Å². The smallest absolute Gasteiger partial charge is 0.246 e. The summed E-state index contributed by atoms with van der Waals surface area (Å²) in [5, 5.41) is 3.01. The largest absolute Gasteiger partial charge is 0.342 e. The van der Waals surface area contributed by atoms with E-state index in [1.807, 2.05) is 24.8 Å². The van der Waals surface area contributed by atoms with E-state index in [-0.39, 0.29) is 29.9 Å². The van der Waals surface area contributed by atoms with Crippen molar-refractivity contribution in [3.63, 3.8) is 0 Å². The molecule has 0 spiro atoms. The van der Waals surface area contributed by atoms with Crippen molar-refractivity contribution in [3.05, 3.63) is 12.7 Å². The van der Waals surface area contributed by atoms with Crippen molar-refractivity contribution >= 4 is 11.8 Å². The average molecular weight is 292 g/mol. The van der Waals surface area contributed by atoms with E-state index in [4.69, 9.17) is 0 Å². The summed E-state index contributed by atoms with van der Waals surface area (Å²) < 4.78 is 0. The normalized spacial score (nSPS) is 29.1. The topological polar surface area (TPSA) is 49.4 Å². The third-order valence-electron chi connectivity index (χ3n) is 4.95. The predicted octanol–water partition coefficient (Wildman–Crippen LogP) is 2.64. The quantitative estimate of drug-likeness (QED) is 0.792. The molecule has 4 nitrogen and oxygen atoms in total. The second kappa shape index (κ2) is 7.10. The molecule has 4 heteroatoms. The van der Waals surface area contributed by atoms with Gasteiger partial charge in [0.15, 0.2) is 0 Å². The lowest BCUT2D eigenvalue weighted by atomic mass is 9.81. The van der Waals surface area contributed by atoms with Crippen LogP contribution in [-0.2, 0) is 9.59 Å². The Morgan fingerprint density at radius 1 is 1.33 bits per heavy atom. The number of amides is 2. The molecule has 0 aromatic carbocycles. The van der Waals surface area contributed by atoms with Crippen molar-refractivity contribution in [2.24, 2.45) is 5.92 Å². The van der Waals surface area contributed by atoms with Gasteiger partial charge in [0.2, 0.25) is 11.8 Å². The number of rotatable bonds is 5. The zero-order valence-corrected chi connectivity index (χ0v) is 13.3. The SMILES string of the molecule is C=CCC(C)N1C(=O)C(C2CCCCC2)NC(=O)C1CC. The van der Waals surface area contributed by atoms with Gasteiger partial charge in [-0.25, -0.2) is 0 Å². The molecule has 1 saturated carbocycles. The Hall–Kier alpha value is -1.32. The lowest BCUT2D eigenvalue weighted by molar-refractivity contribution is -0.154. The van der Waals surface area contributed by atoms with Crippen LogP contribution in [0.2, 0.25) is 0 Å². The van der Waals surface area contributed by atoms with Gasteiger partial charge in [0, 0.05) is 6.04 Å². The Morgan fingerprint density at radius 2 is 2.00 bits per heavy atom. The zero-order valence-electron chi connectivity index (χ0n) is 13.3. The molecule has 1 aliphatic carbocycles. The molecule has 1 saturated heterocycles. The summed E-state index contributed by atoms with van der Waals surface area (Å²) >= 11 is 0. The van der Waals surface area contributed by atoms with Crippen LogP contribution >= 0.6 is 0 Å². The molecule has 1 N–H and O–H groups in total. The monoisotopic (exact) mass is 292 g/mol. The van der Waals surface area contributed by atoms with Crippen molar-refractivity contribution in [2.75, 3.05) is 0 Å². The second-order valence-electron chi connectivity index (χ2n) is 6.43. The summed E-state index contributed by atoms with van der Waals surface area (Å²) in [4.78, 5) is 27.2. The molecular weight excluding hydrogens is 264 g/mol. The fraction of sp³-hybridized carbons (Fsp3) is 0.765. The highest BCUT2D eigenvalue weighted by Crippen LogP contribution is 2.30. The van der Waals surface area contributed by atoms with Gasteiger partial charge in [0.1, 0.15) is 12.1 Å². The maximum atomic E-state index is 12.9. The van der Waals surface area contributed by atoms with Crippen molar-refractivity contribution in [3.8, 4) is 0 Å². The summed E-state index contributed by atoms with van der Waals surface area (Å²) in [5.74, 6) is 0.442. The number of hydrogen-bond acceptors (Lipinski definition) is 2. The highest BCUT2D eigenvalue weighted by Gasteiger charge is 2.44. The molecule has 0 aromatic heterocycles. The Labute approximate surface area is 128 Å². The first-order valence-electron chi connectivity index (χ1n) is 8.33. The van der Waals surface area contributed by atoms with Crippen molar-refractivity contribution in [1.82, 2.24) is 10.2 Å². The van der Waals surface area contributed by atoms with E-state index in [1.165, 1.54) is 19.3 Å². The van der Waals surface area contributed by atoms with Crippen LogP contribution in [0.4, 0.5) is 0 Å². The fourth-order valence-electron chi connectivity index (χ4n) is 3.80. The van der Waals surface area contributed by atoms with E-state index in [9.17, 15) is 9.59 Å². The summed E-state index contributed by atoms with van der Waals surface area (Å²) in [7, 11) is 0. The molecule has 21 heavy (non-hydrogen) atoms. The minimum Gasteiger partial charge on any atom is -0.342 e. The Morgan fingerprint density at radius 3 is 2.57 bits per heavy atom. The molecule has 0 radical (unpaired) electrons. The molecule has 1 heterocycles. The number of nitrogens with one attached hydrogen (secondary N) is 1. The average Bonchev–Trinajstić information content (AvgIpc) is 2.49. The van der Waals surface area contributed by atoms with Gasteiger partial charge in [-0.15, -0.1) is 6.58 Å². The highest BCUT2D eigenvalue weighted by molar-refractivity contribution is 5.97. The van der Waals surface area contributed by atoms with Crippen LogP contribution in [0.15, 0.2) is 12.7 Å². The van der Waals surface area contributed by atoms with Gasteiger partial charge in [0.05, 0.1) is 0 Å². The molecule has 1 aliphatic heterocycles. The molecular formula is C17H28N2O2. The van der Waals surface area contributed by atoms with Gasteiger partial charge in [-0.05, 0) is 38.5 Å². The van der Waals surface area contributed by atoms with Gasteiger partial charge in [0.25, 0.3) is 0 Å². The van der Waals surface area contributed by atoms with Crippen LogP contribution in [0.25, 0.3) is 0 Å². The van der Waals surface area contributed by atoms with E-state index in [0.29, 0.717) is 12.3 Å². The first-order valence-corrected chi connectivity index (χ1v) is 8.33. The summed E-state index contributed by atoms with van der Waals surface area (Å²) in [6, 6.07) is -0.600. The van der Waals surface area contributed by atoms with E-state index >= 15 is 0 Å². The molecule has 2 amide bonds. The van der Waals surface area contributed by atoms with E-state index < -0.39 is 0 Å². The summed E-state index contributed by atoms with van der Waals surface area (Å²) in [6.45, 7) is 7.74. The maximum absolute atomic E-state index is 12.9. The lowest BCUT2D eigenvalue weighted by Gasteiger charge is -2.44. The van der Waals surface area contributed by atoms with Crippen LogP contribution in [0, 0.1) is 5.92 Å². The number of nitrogens with zero attached hydrogens (tertiary/aromatic N) is 1. The molecule has 0 aromatic rings. The van der Waals surface area contributed by atoms with Crippen LogP contribution in [-0.4, -0.2) is 34.8 Å². The first-order chi connectivity index (χ1) is 10.1. The molecule has 0 bridgehead atoms. The summed E-state index contributed by atoms with van der Waals surface area (Å²) in [5.41, 5.74) is 0. The third-order valence-corrected chi connectivity index (χ3v) is 4.95. The van der Waals surface area contributed by atoms with Crippen LogP contribution in [0.1, 0.15) is 58.8 Å². The second-order valence-corrected chi connectivity index (χ2v) is 6.43. The van der Waals surface area contributed by atoms with Crippen molar-refractivity contribution < 1.29 is 9.59 Å². The maximum Gasteiger partial charge on any atom is 0.246 e. The Bertz CT molecular complexity index is 402. The number of carbonyl (C=O) groups is 2. The van der Waals surface area contributed by atoms with Gasteiger partial charge >= 0.3 is 0 Å². The molecule has 2 aliphatic rings. The zero-order chi connectivity index (χ0) is 15.4. The van der Waals surface area contributed by atoms with Gasteiger partial charge in [-0.3, -0.25) is 9.59 Å².